The third-order valence-corrected chi connectivity index (χ3v) is 0. The molecule has 0 aliphatic carbocycles. The molecule has 39 valence electrons. The molecule has 6 heteroatoms. The Labute approximate surface area is 49.5 Å². The average Bonchev–Trinajstić information content (AvgIpc) is 0.811. The van der Waals surface area contributed by atoms with Crippen molar-refractivity contribution in [3.8, 4) is 0 Å². The normalized spacial score (nSPS) is 4.00. The van der Waals surface area contributed by atoms with Crippen LogP contribution in [-0.4, -0.2) is 5.09 Å². The predicted octanol–water partition coefficient (Wildman–Crippen LogP) is -0.722. The van der Waals surface area contributed by atoms with Gasteiger partial charge in [0.25, 0.3) is 0 Å². The van der Waals surface area contributed by atoms with Gasteiger partial charge in [-0.3, -0.25) is 0 Å². The van der Waals surface area contributed by atoms with Gasteiger partial charge in [0.05, 0.1) is 5.09 Å². The van der Waals surface area contributed by atoms with Gasteiger partial charge in [-0.2, -0.15) is 0 Å². The Hall–Kier alpha value is -0.0997. The Morgan fingerprint density at radius 3 is 1.33 bits per heavy atom. The first kappa shape index (κ1) is 16.8. The van der Waals surface area contributed by atoms with Crippen LogP contribution in [0.5, 0.6) is 0 Å². The molecular weight excluding hydrogens is 184 g/mol. The minimum Gasteiger partial charge on any atom is -0.356 e. The monoisotopic (exact) mass is 183 g/mol. The van der Waals surface area contributed by atoms with E-state index in [0.29, 0.717) is 0 Å². The second kappa shape index (κ2) is 8.86. The second-order valence-electron chi connectivity index (χ2n) is 0.224. The molecule has 6 heavy (non-hydrogen) atoms. The molecule has 0 amide bonds. The van der Waals surface area contributed by atoms with Crippen molar-refractivity contribution in [3.63, 3.8) is 0 Å². The van der Waals surface area contributed by atoms with Crippen LogP contribution in [0.1, 0.15) is 0 Å². The van der Waals surface area contributed by atoms with E-state index >= 15 is 0 Å². The maximum absolute atomic E-state index is 8.25. The summed E-state index contributed by atoms with van der Waals surface area (Å²) in [5, 5.41) is 14.8. The van der Waals surface area contributed by atoms with Crippen molar-refractivity contribution >= 4 is 0 Å². The van der Waals surface area contributed by atoms with Gasteiger partial charge in [-0.25, -0.2) is 0 Å². The van der Waals surface area contributed by atoms with Crippen LogP contribution in [0.2, 0.25) is 0 Å². The van der Waals surface area contributed by atoms with Gasteiger partial charge in [-0.1, -0.05) is 0 Å². The second-order valence-corrected chi connectivity index (χ2v) is 0.224. The van der Waals surface area contributed by atoms with Crippen molar-refractivity contribution in [2.45, 2.75) is 0 Å². The van der Waals surface area contributed by atoms with E-state index in [1.807, 2.05) is 0 Å². The van der Waals surface area contributed by atoms with E-state index in [0.717, 1.165) is 0 Å². The summed E-state index contributed by atoms with van der Waals surface area (Å²) in [5.74, 6) is 0. The summed E-state index contributed by atoms with van der Waals surface area (Å²) < 4.78 is 0. The van der Waals surface area contributed by atoms with Crippen molar-refractivity contribution in [1.29, 1.82) is 0 Å². The van der Waals surface area contributed by atoms with E-state index in [-0.39, 0.29) is 28.5 Å². The van der Waals surface area contributed by atoms with E-state index in [4.69, 9.17) is 15.3 Å². The summed E-state index contributed by atoms with van der Waals surface area (Å²) >= 11 is 0. The maximum Gasteiger partial charge on any atom is 1.00 e. The Morgan fingerprint density at radius 1 is 1.33 bits per heavy atom. The molecule has 0 N–H and O–H groups in total. The van der Waals surface area contributed by atoms with Crippen molar-refractivity contribution in [2.75, 3.05) is 0 Å². The van der Waals surface area contributed by atoms with Gasteiger partial charge in [0.1, 0.15) is 0 Å². The van der Waals surface area contributed by atoms with Gasteiger partial charge >= 0.3 is 22.4 Å². The van der Waals surface area contributed by atoms with Gasteiger partial charge in [0.2, 0.25) is 0 Å². The predicted molar refractivity (Wildman–Crippen MR) is 12.5 cm³/mol. The van der Waals surface area contributed by atoms with Crippen molar-refractivity contribution in [1.82, 2.24) is 6.15 Å². The summed E-state index contributed by atoms with van der Waals surface area (Å²) in [7, 11) is 0. The van der Waals surface area contributed by atoms with E-state index in [1.165, 1.54) is 0 Å². The van der Waals surface area contributed by atoms with Gasteiger partial charge in [-0.15, -0.1) is 0 Å². The van der Waals surface area contributed by atoms with Crippen LogP contribution in [0.15, 0.2) is 0 Å². The van der Waals surface area contributed by atoms with Crippen LogP contribution in [-0.2, 0) is 22.4 Å². The molecule has 0 aliphatic heterocycles. The standard InChI is InChI=1S/Ag.NO3.N/c;2-1(3)4;/q+1;-1;. The Balaban J connectivity index is -0.0000000450. The number of nitrogens with zero attached hydrogens (tertiary/aromatic N) is 2. The smallest absolute Gasteiger partial charge is 0.356 e. The molecule has 0 heterocycles. The number of hydrogen-bond acceptors (Lipinski definition) is 3. The summed E-state index contributed by atoms with van der Waals surface area (Å²) in [4.78, 5) is 8.25. The topological polar surface area (TPSA) is 96.7 Å². The quantitative estimate of drug-likeness (QED) is 0.282. The van der Waals surface area contributed by atoms with Gasteiger partial charge < -0.3 is 15.3 Å². The van der Waals surface area contributed by atoms with Crippen molar-refractivity contribution < 1.29 is 27.5 Å². The molecule has 0 bridgehead atoms. The molecule has 5 nitrogen and oxygen atoms in total. The molecule has 0 fully saturated rings. The SMILES string of the molecule is O=[N+]([O-])[O-].[Ag+].[N]. The minimum absolute atomic E-state index is 0. The van der Waals surface area contributed by atoms with E-state index in [9.17, 15) is 0 Å². The van der Waals surface area contributed by atoms with Crippen molar-refractivity contribution in [2.24, 2.45) is 0 Å². The Bertz CT molecular complexity index is 31.8. The third kappa shape index (κ3) is 3300. The first-order chi connectivity index (χ1) is 1.73. The first-order valence-corrected chi connectivity index (χ1v) is 0.548. The van der Waals surface area contributed by atoms with Crippen LogP contribution in [0.4, 0.5) is 0 Å². The fourth-order valence-corrected chi connectivity index (χ4v) is 0. The van der Waals surface area contributed by atoms with Gasteiger partial charge in [0.15, 0.2) is 0 Å². The fraction of sp³-hybridized carbons (Fsp3) is 0. The first-order valence-electron chi connectivity index (χ1n) is 0.548. The molecule has 0 aromatic rings. The summed E-state index contributed by atoms with van der Waals surface area (Å²) in [6.07, 6.45) is 0. The molecule has 0 aliphatic rings. The fourth-order valence-electron chi connectivity index (χ4n) is 0. The molecular formula is AgN2O3. The van der Waals surface area contributed by atoms with Gasteiger partial charge in [0, 0.05) is 6.15 Å². The molecule has 3 radical (unpaired) electrons. The molecule has 0 atom stereocenters. The van der Waals surface area contributed by atoms with Crippen LogP contribution in [0, 0.1) is 15.3 Å². The zero-order valence-electron chi connectivity index (χ0n) is 2.42. The third-order valence-electron chi connectivity index (χ3n) is 0. The van der Waals surface area contributed by atoms with Crippen LogP contribution < -0.4 is 6.15 Å². The molecule has 0 aromatic carbocycles. The van der Waals surface area contributed by atoms with E-state index < -0.39 is 5.09 Å². The molecule has 0 aromatic heterocycles. The summed E-state index contributed by atoms with van der Waals surface area (Å²) in [5.41, 5.74) is 0. The molecule has 0 saturated heterocycles. The number of rotatable bonds is 0. The number of hydrogen-bond donors (Lipinski definition) is 0. The Kier molecular flexibility index (Phi) is 24.9. The molecule has 0 unspecified atom stereocenters. The average molecular weight is 184 g/mol. The van der Waals surface area contributed by atoms with E-state index in [1.54, 1.807) is 0 Å². The molecule has 0 spiro atoms. The van der Waals surface area contributed by atoms with E-state index in [2.05, 4.69) is 0 Å². The van der Waals surface area contributed by atoms with Crippen molar-refractivity contribution in [3.05, 3.63) is 15.3 Å². The largest absolute Gasteiger partial charge is 1.00 e. The zero-order chi connectivity index (χ0) is 3.58. The maximum atomic E-state index is 8.25. The summed E-state index contributed by atoms with van der Waals surface area (Å²) in [6.45, 7) is 0. The van der Waals surface area contributed by atoms with Gasteiger partial charge in [-0.05, 0) is 0 Å². The Morgan fingerprint density at radius 2 is 1.33 bits per heavy atom. The zero-order valence-corrected chi connectivity index (χ0v) is 3.90. The molecule has 0 rings (SSSR count). The van der Waals surface area contributed by atoms with Crippen LogP contribution in [0.25, 0.3) is 0 Å². The summed E-state index contributed by atoms with van der Waals surface area (Å²) in [6, 6.07) is 0. The minimum atomic E-state index is -1.75. The van der Waals surface area contributed by atoms with Crippen LogP contribution in [0.3, 0.4) is 0 Å². The van der Waals surface area contributed by atoms with Crippen LogP contribution >= 0.6 is 0 Å². The molecule has 0 saturated carbocycles.